The van der Waals surface area contributed by atoms with Crippen molar-refractivity contribution in [3.63, 3.8) is 0 Å². The molecule has 1 aromatic carbocycles. The molecule has 82 valence electrons. The summed E-state index contributed by atoms with van der Waals surface area (Å²) in [4.78, 5) is 35.5. The molecule has 0 bridgehead atoms. The average Bonchev–Trinajstić information content (AvgIpc) is 2.28. The van der Waals surface area contributed by atoms with Gasteiger partial charge in [-0.25, -0.2) is 4.79 Å². The van der Waals surface area contributed by atoms with Crippen molar-refractivity contribution < 1.29 is 14.4 Å². The topological polar surface area (TPSA) is 66.5 Å². The molecule has 1 saturated heterocycles. The number of benzene rings is 1. The summed E-state index contributed by atoms with van der Waals surface area (Å²) in [6.45, 7) is 0. The van der Waals surface area contributed by atoms with Crippen LogP contribution in [0.2, 0.25) is 0 Å². The van der Waals surface area contributed by atoms with Gasteiger partial charge in [0.15, 0.2) is 0 Å². The number of imide groups is 2. The van der Waals surface area contributed by atoms with Crippen LogP contribution in [0, 0.1) is 0 Å². The van der Waals surface area contributed by atoms with Gasteiger partial charge in [-0.1, -0.05) is 30.3 Å². The highest BCUT2D eigenvalue weighted by molar-refractivity contribution is 6.19. The van der Waals surface area contributed by atoms with Gasteiger partial charge in [0.25, 0.3) is 0 Å². The Kier molecular flexibility index (Phi) is 2.44. The Morgan fingerprint density at radius 2 is 1.75 bits per heavy atom. The Balaban J connectivity index is 2.38. The fourth-order valence-electron chi connectivity index (χ4n) is 1.61. The number of hydrogen-bond acceptors (Lipinski definition) is 3. The van der Waals surface area contributed by atoms with Crippen molar-refractivity contribution in [1.29, 1.82) is 0 Å². The second kappa shape index (κ2) is 3.77. The van der Waals surface area contributed by atoms with E-state index in [0.29, 0.717) is 5.56 Å². The molecule has 5 heteroatoms. The van der Waals surface area contributed by atoms with Crippen molar-refractivity contribution in [1.82, 2.24) is 10.2 Å². The van der Waals surface area contributed by atoms with Crippen LogP contribution in [0.4, 0.5) is 4.79 Å². The standard InChI is InChI=1S/C11H10N2O3/c1-13-10(15)8(9(14)12-11(13)16)7-5-3-2-4-6-7/h2-6,8H,1H3,(H,12,14,16). The van der Waals surface area contributed by atoms with Crippen LogP contribution >= 0.6 is 0 Å². The van der Waals surface area contributed by atoms with E-state index in [2.05, 4.69) is 5.32 Å². The fraction of sp³-hybridized carbons (Fsp3) is 0.182. The molecule has 1 atom stereocenters. The van der Waals surface area contributed by atoms with E-state index >= 15 is 0 Å². The number of likely N-dealkylation sites (N-methyl/N-ethyl adjacent to an activating group) is 1. The second-order valence-corrected chi connectivity index (χ2v) is 3.54. The van der Waals surface area contributed by atoms with E-state index in [1.807, 2.05) is 0 Å². The normalized spacial score (nSPS) is 20.9. The first-order chi connectivity index (χ1) is 7.61. The third-order valence-electron chi connectivity index (χ3n) is 2.51. The molecule has 1 unspecified atom stereocenters. The van der Waals surface area contributed by atoms with Crippen molar-refractivity contribution in [3.8, 4) is 0 Å². The van der Waals surface area contributed by atoms with E-state index in [1.54, 1.807) is 30.3 Å². The van der Waals surface area contributed by atoms with E-state index in [0.717, 1.165) is 4.90 Å². The molecule has 0 radical (unpaired) electrons. The quantitative estimate of drug-likeness (QED) is 0.697. The molecular weight excluding hydrogens is 208 g/mol. The molecule has 16 heavy (non-hydrogen) atoms. The van der Waals surface area contributed by atoms with Crippen LogP contribution in [0.15, 0.2) is 30.3 Å². The van der Waals surface area contributed by atoms with Gasteiger partial charge in [0, 0.05) is 7.05 Å². The molecule has 1 aliphatic rings. The smallest absolute Gasteiger partial charge is 0.277 e. The van der Waals surface area contributed by atoms with E-state index in [-0.39, 0.29) is 0 Å². The summed E-state index contributed by atoms with van der Waals surface area (Å²) in [5.41, 5.74) is 0.587. The molecule has 1 fully saturated rings. The molecule has 4 amide bonds. The largest absolute Gasteiger partial charge is 0.330 e. The highest BCUT2D eigenvalue weighted by Gasteiger charge is 2.39. The minimum absolute atomic E-state index is 0.500. The van der Waals surface area contributed by atoms with Gasteiger partial charge < -0.3 is 0 Å². The minimum Gasteiger partial charge on any atom is -0.277 e. The SMILES string of the molecule is CN1C(=O)NC(=O)C(c2ccccc2)C1=O. The summed E-state index contributed by atoms with van der Waals surface area (Å²) in [5, 5.41) is 2.14. The van der Waals surface area contributed by atoms with Crippen LogP contribution in [0.3, 0.4) is 0 Å². The zero-order valence-corrected chi connectivity index (χ0v) is 8.64. The van der Waals surface area contributed by atoms with Crippen LogP contribution in [0.5, 0.6) is 0 Å². The zero-order valence-electron chi connectivity index (χ0n) is 8.64. The van der Waals surface area contributed by atoms with Crippen LogP contribution in [-0.2, 0) is 9.59 Å². The summed E-state index contributed by atoms with van der Waals surface area (Å²) in [6, 6.07) is 7.97. The maximum atomic E-state index is 11.8. The van der Waals surface area contributed by atoms with Crippen molar-refractivity contribution in [3.05, 3.63) is 35.9 Å². The van der Waals surface area contributed by atoms with Crippen molar-refractivity contribution >= 4 is 17.8 Å². The number of rotatable bonds is 1. The van der Waals surface area contributed by atoms with Crippen LogP contribution < -0.4 is 5.32 Å². The first kappa shape index (κ1) is 10.4. The first-order valence-corrected chi connectivity index (χ1v) is 4.78. The number of carbonyl (C=O) groups excluding carboxylic acids is 3. The molecular formula is C11H10N2O3. The van der Waals surface area contributed by atoms with Gasteiger partial charge in [0.1, 0.15) is 5.92 Å². The van der Waals surface area contributed by atoms with Gasteiger partial charge in [0.05, 0.1) is 0 Å². The first-order valence-electron chi connectivity index (χ1n) is 4.78. The Morgan fingerprint density at radius 1 is 1.12 bits per heavy atom. The summed E-state index contributed by atoms with van der Waals surface area (Å²) >= 11 is 0. The van der Waals surface area contributed by atoms with Gasteiger partial charge in [-0.15, -0.1) is 0 Å². The predicted octanol–water partition coefficient (Wildman–Crippen LogP) is 0.478. The average molecular weight is 218 g/mol. The van der Waals surface area contributed by atoms with E-state index in [4.69, 9.17) is 0 Å². The van der Waals surface area contributed by atoms with Gasteiger partial charge in [0.2, 0.25) is 11.8 Å². The van der Waals surface area contributed by atoms with Crippen molar-refractivity contribution in [2.45, 2.75) is 5.92 Å². The monoisotopic (exact) mass is 218 g/mol. The van der Waals surface area contributed by atoms with Gasteiger partial charge >= 0.3 is 6.03 Å². The van der Waals surface area contributed by atoms with E-state index in [1.165, 1.54) is 7.05 Å². The lowest BCUT2D eigenvalue weighted by molar-refractivity contribution is -0.137. The summed E-state index contributed by atoms with van der Waals surface area (Å²) in [5.74, 6) is -2.00. The zero-order chi connectivity index (χ0) is 11.7. The highest BCUT2D eigenvalue weighted by Crippen LogP contribution is 2.21. The summed E-state index contributed by atoms with van der Waals surface area (Å²) < 4.78 is 0. The third-order valence-corrected chi connectivity index (χ3v) is 2.51. The lowest BCUT2D eigenvalue weighted by Gasteiger charge is -2.27. The van der Waals surface area contributed by atoms with Gasteiger partial charge in [-0.2, -0.15) is 0 Å². The van der Waals surface area contributed by atoms with Crippen molar-refractivity contribution in [2.24, 2.45) is 0 Å². The number of amides is 4. The number of nitrogens with one attached hydrogen (secondary N) is 1. The number of nitrogens with zero attached hydrogens (tertiary/aromatic N) is 1. The van der Waals surface area contributed by atoms with Crippen molar-refractivity contribution in [2.75, 3.05) is 7.05 Å². The number of barbiturate groups is 1. The number of hydrogen-bond donors (Lipinski definition) is 1. The van der Waals surface area contributed by atoms with E-state index < -0.39 is 23.8 Å². The molecule has 5 nitrogen and oxygen atoms in total. The second-order valence-electron chi connectivity index (χ2n) is 3.54. The summed E-state index contributed by atoms with van der Waals surface area (Å²) in [7, 11) is 1.35. The molecule has 0 aliphatic carbocycles. The maximum Gasteiger partial charge on any atom is 0.330 e. The van der Waals surface area contributed by atoms with E-state index in [9.17, 15) is 14.4 Å². The van der Waals surface area contributed by atoms with Gasteiger partial charge in [-0.3, -0.25) is 19.8 Å². The highest BCUT2D eigenvalue weighted by atomic mass is 16.2. The Morgan fingerprint density at radius 3 is 2.38 bits per heavy atom. The molecule has 2 rings (SSSR count). The Bertz CT molecular complexity index is 456. The Labute approximate surface area is 92.0 Å². The Hall–Kier alpha value is -2.17. The fourth-order valence-corrected chi connectivity index (χ4v) is 1.61. The number of urea groups is 1. The third kappa shape index (κ3) is 1.56. The molecule has 1 heterocycles. The summed E-state index contributed by atoms with van der Waals surface area (Å²) in [6.07, 6.45) is 0. The molecule has 0 saturated carbocycles. The van der Waals surface area contributed by atoms with Crippen LogP contribution in [0.1, 0.15) is 11.5 Å². The minimum atomic E-state index is -0.927. The lowest BCUT2D eigenvalue weighted by atomic mass is 9.95. The lowest BCUT2D eigenvalue weighted by Crippen LogP contribution is -2.55. The molecule has 0 spiro atoms. The molecule has 0 aromatic heterocycles. The molecule has 1 N–H and O–H groups in total. The number of carbonyl (C=O) groups is 3. The van der Waals surface area contributed by atoms with Gasteiger partial charge in [-0.05, 0) is 5.56 Å². The molecule has 1 aliphatic heterocycles. The van der Waals surface area contributed by atoms with Crippen LogP contribution in [-0.4, -0.2) is 29.8 Å². The maximum absolute atomic E-state index is 11.8. The van der Waals surface area contributed by atoms with Crippen LogP contribution in [0.25, 0.3) is 0 Å². The predicted molar refractivity (Wildman–Crippen MR) is 55.5 cm³/mol. The molecule has 1 aromatic rings.